The van der Waals surface area contributed by atoms with Crippen molar-refractivity contribution in [1.29, 1.82) is 5.26 Å². The van der Waals surface area contributed by atoms with E-state index >= 15 is 0 Å². The number of nitrogens with zero attached hydrogens (tertiary/aromatic N) is 2. The summed E-state index contributed by atoms with van der Waals surface area (Å²) in [5.74, 6) is -1.01. The number of aromatic carboxylic acids is 1. The van der Waals surface area contributed by atoms with Crippen LogP contribution in [0.1, 0.15) is 15.2 Å². The van der Waals surface area contributed by atoms with E-state index in [2.05, 4.69) is 11.4 Å². The first-order valence-corrected chi connectivity index (χ1v) is 6.31. The third-order valence-electron chi connectivity index (χ3n) is 2.74. The van der Waals surface area contributed by atoms with Crippen LogP contribution in [0.3, 0.4) is 0 Å². The van der Waals surface area contributed by atoms with Crippen molar-refractivity contribution in [3.8, 4) is 6.07 Å². The summed E-state index contributed by atoms with van der Waals surface area (Å²) in [6.07, 6.45) is 0. The molecule has 0 amide bonds. The molecule has 1 aromatic rings. The molecule has 6 nitrogen and oxygen atoms in total. The van der Waals surface area contributed by atoms with E-state index in [4.69, 9.17) is 9.84 Å². The molecule has 0 aromatic carbocycles. The van der Waals surface area contributed by atoms with Crippen LogP contribution in [0, 0.1) is 11.3 Å². The average molecular weight is 267 g/mol. The van der Waals surface area contributed by atoms with Crippen LogP contribution in [0.5, 0.6) is 0 Å². The van der Waals surface area contributed by atoms with Crippen molar-refractivity contribution < 1.29 is 14.6 Å². The van der Waals surface area contributed by atoms with Crippen molar-refractivity contribution in [2.45, 2.75) is 0 Å². The maximum absolute atomic E-state index is 11.2. The van der Waals surface area contributed by atoms with Crippen LogP contribution < -0.4 is 10.2 Å². The Balaban J connectivity index is 2.46. The average Bonchev–Trinajstić information content (AvgIpc) is 2.78. The molecular weight excluding hydrogens is 254 g/mol. The van der Waals surface area contributed by atoms with Gasteiger partial charge in [0.05, 0.1) is 18.9 Å². The maximum Gasteiger partial charge on any atom is 0.348 e. The first-order valence-electron chi connectivity index (χ1n) is 5.49. The Morgan fingerprint density at radius 3 is 2.72 bits per heavy atom. The molecule has 1 aliphatic heterocycles. The van der Waals surface area contributed by atoms with Gasteiger partial charge in [0, 0.05) is 20.1 Å². The molecule has 1 saturated heterocycles. The molecule has 1 aromatic heterocycles. The van der Waals surface area contributed by atoms with E-state index in [-0.39, 0.29) is 4.88 Å². The second-order valence-electron chi connectivity index (χ2n) is 3.75. The Labute approximate surface area is 108 Å². The zero-order valence-corrected chi connectivity index (χ0v) is 10.7. The van der Waals surface area contributed by atoms with Gasteiger partial charge < -0.3 is 20.1 Å². The highest BCUT2D eigenvalue weighted by Gasteiger charge is 2.26. The van der Waals surface area contributed by atoms with Crippen molar-refractivity contribution >= 4 is 28.0 Å². The van der Waals surface area contributed by atoms with Crippen molar-refractivity contribution in [2.75, 3.05) is 43.6 Å². The fraction of sp³-hybridized carbons (Fsp3) is 0.455. The zero-order valence-electron chi connectivity index (χ0n) is 9.89. The lowest BCUT2D eigenvalue weighted by atomic mass is 10.2. The number of thiophene rings is 1. The normalized spacial score (nSPS) is 15.2. The van der Waals surface area contributed by atoms with Crippen molar-refractivity contribution in [3.05, 3.63) is 10.4 Å². The smallest absolute Gasteiger partial charge is 0.348 e. The number of anilines is 2. The number of hydrogen-bond donors (Lipinski definition) is 2. The molecule has 0 saturated carbocycles. The minimum Gasteiger partial charge on any atom is -0.477 e. The van der Waals surface area contributed by atoms with Crippen molar-refractivity contribution in [1.82, 2.24) is 0 Å². The van der Waals surface area contributed by atoms with Gasteiger partial charge in [-0.1, -0.05) is 0 Å². The number of nitrogens with one attached hydrogen (secondary N) is 1. The predicted molar refractivity (Wildman–Crippen MR) is 68.6 cm³/mol. The van der Waals surface area contributed by atoms with Gasteiger partial charge in [-0.05, 0) is 0 Å². The third-order valence-corrected chi connectivity index (χ3v) is 3.98. The van der Waals surface area contributed by atoms with E-state index in [0.29, 0.717) is 42.6 Å². The van der Waals surface area contributed by atoms with Gasteiger partial charge in [-0.2, -0.15) is 5.26 Å². The van der Waals surface area contributed by atoms with E-state index in [1.807, 2.05) is 4.90 Å². The minimum absolute atomic E-state index is 0.176. The monoisotopic (exact) mass is 267 g/mol. The number of ether oxygens (including phenoxy) is 1. The molecule has 1 fully saturated rings. The first kappa shape index (κ1) is 12.7. The van der Waals surface area contributed by atoms with Gasteiger partial charge in [0.25, 0.3) is 0 Å². The summed E-state index contributed by atoms with van der Waals surface area (Å²) in [4.78, 5) is 13.3. The van der Waals surface area contributed by atoms with Gasteiger partial charge in [-0.15, -0.1) is 11.3 Å². The first-order chi connectivity index (χ1) is 8.69. The molecule has 18 heavy (non-hydrogen) atoms. The largest absolute Gasteiger partial charge is 0.477 e. The van der Waals surface area contributed by atoms with Crippen molar-refractivity contribution in [2.24, 2.45) is 0 Å². The Bertz CT molecular complexity index is 500. The Morgan fingerprint density at radius 2 is 2.22 bits per heavy atom. The van der Waals surface area contributed by atoms with Crippen LogP contribution in [0.15, 0.2) is 0 Å². The molecule has 0 unspecified atom stereocenters. The van der Waals surface area contributed by atoms with E-state index in [1.54, 1.807) is 7.05 Å². The third kappa shape index (κ3) is 2.12. The summed E-state index contributed by atoms with van der Waals surface area (Å²) in [5, 5.41) is 21.9. The van der Waals surface area contributed by atoms with Gasteiger partial charge in [0.2, 0.25) is 0 Å². The van der Waals surface area contributed by atoms with E-state index in [1.165, 1.54) is 0 Å². The number of rotatable bonds is 3. The van der Waals surface area contributed by atoms with Crippen LogP contribution in [0.2, 0.25) is 0 Å². The van der Waals surface area contributed by atoms with Crippen LogP contribution in [-0.2, 0) is 4.74 Å². The second kappa shape index (κ2) is 5.25. The van der Waals surface area contributed by atoms with Crippen LogP contribution in [-0.4, -0.2) is 44.4 Å². The molecule has 7 heteroatoms. The molecule has 2 heterocycles. The number of nitriles is 1. The fourth-order valence-corrected chi connectivity index (χ4v) is 3.05. The second-order valence-corrected chi connectivity index (χ2v) is 4.75. The van der Waals surface area contributed by atoms with Gasteiger partial charge in [0.1, 0.15) is 21.5 Å². The highest BCUT2D eigenvalue weighted by Crippen LogP contribution is 2.39. The molecule has 0 spiro atoms. The molecule has 2 N–H and O–H groups in total. The topological polar surface area (TPSA) is 85.6 Å². The quantitative estimate of drug-likeness (QED) is 0.855. The summed E-state index contributed by atoms with van der Waals surface area (Å²) in [6.45, 7) is 2.55. The van der Waals surface area contributed by atoms with E-state index < -0.39 is 5.97 Å². The molecule has 96 valence electrons. The summed E-state index contributed by atoms with van der Waals surface area (Å²) >= 11 is 1.14. The summed E-state index contributed by atoms with van der Waals surface area (Å²) in [6, 6.07) is 2.09. The van der Waals surface area contributed by atoms with Gasteiger partial charge in [-0.3, -0.25) is 0 Å². The Hall–Kier alpha value is -1.78. The lowest BCUT2D eigenvalue weighted by molar-refractivity contribution is 0.0703. The van der Waals surface area contributed by atoms with Crippen molar-refractivity contribution in [3.63, 3.8) is 0 Å². The lowest BCUT2D eigenvalue weighted by Gasteiger charge is -2.27. The number of carboxylic acids is 1. The van der Waals surface area contributed by atoms with Gasteiger partial charge >= 0.3 is 5.97 Å². The molecule has 2 rings (SSSR count). The number of hydrogen-bond acceptors (Lipinski definition) is 6. The molecule has 1 aliphatic rings. The van der Waals surface area contributed by atoms with Gasteiger partial charge in [0.15, 0.2) is 0 Å². The zero-order chi connectivity index (χ0) is 13.1. The number of morpholine rings is 1. The SMILES string of the molecule is CNc1c(C(=O)O)sc(N2CCOCC2)c1C#N. The minimum atomic E-state index is -1.01. The number of carbonyl (C=O) groups is 1. The predicted octanol–water partition coefficient (Wildman–Crippen LogP) is 1.20. The van der Waals surface area contributed by atoms with Crippen LogP contribution >= 0.6 is 11.3 Å². The van der Waals surface area contributed by atoms with E-state index in [0.717, 1.165) is 11.3 Å². The molecule has 0 radical (unpaired) electrons. The molecular formula is C11H13N3O3S. The molecule has 0 aliphatic carbocycles. The summed E-state index contributed by atoms with van der Waals surface area (Å²) < 4.78 is 5.25. The Kier molecular flexibility index (Phi) is 3.69. The van der Waals surface area contributed by atoms with E-state index in [9.17, 15) is 10.1 Å². The standard InChI is InChI=1S/C11H13N3O3S/c1-13-8-7(6-12)10(18-9(8)11(15)16)14-2-4-17-5-3-14/h13H,2-5H2,1H3,(H,15,16). The molecule has 0 atom stereocenters. The lowest BCUT2D eigenvalue weighted by Crippen LogP contribution is -2.36. The Morgan fingerprint density at radius 1 is 1.56 bits per heavy atom. The summed E-state index contributed by atoms with van der Waals surface area (Å²) in [7, 11) is 1.62. The highest BCUT2D eigenvalue weighted by atomic mass is 32.1. The molecule has 0 bridgehead atoms. The summed E-state index contributed by atoms with van der Waals surface area (Å²) in [5.41, 5.74) is 0.804. The highest BCUT2D eigenvalue weighted by molar-refractivity contribution is 7.18. The number of carboxylic acid groups (broad SMARTS) is 1. The maximum atomic E-state index is 11.2. The van der Waals surface area contributed by atoms with Crippen LogP contribution in [0.4, 0.5) is 10.7 Å². The fourth-order valence-electron chi connectivity index (χ4n) is 1.90. The van der Waals surface area contributed by atoms with Crippen LogP contribution in [0.25, 0.3) is 0 Å². The van der Waals surface area contributed by atoms with Gasteiger partial charge in [-0.25, -0.2) is 4.79 Å².